The lowest BCUT2D eigenvalue weighted by molar-refractivity contribution is 0.628. The highest BCUT2D eigenvalue weighted by Gasteiger charge is 1.96. The van der Waals surface area contributed by atoms with E-state index in [1.165, 1.54) is 12.1 Å². The minimum atomic E-state index is -0.331. The molecule has 0 bridgehead atoms. The third-order valence-corrected chi connectivity index (χ3v) is 1.85. The Bertz CT molecular complexity index is 295. The molecule has 0 unspecified atom stereocenters. The second kappa shape index (κ2) is 4.48. The molecular formula is C9H7Cl2F. The minimum Gasteiger partial charge on any atom is -0.207 e. The molecule has 0 atom stereocenters. The molecule has 3 heteroatoms. The van der Waals surface area contributed by atoms with Gasteiger partial charge in [0.25, 0.3) is 0 Å². The molecule has 0 spiro atoms. The van der Waals surface area contributed by atoms with Crippen molar-refractivity contribution < 1.29 is 4.39 Å². The fourth-order valence-corrected chi connectivity index (χ4v) is 1.13. The smallest absolute Gasteiger partial charge is 0.124 e. The van der Waals surface area contributed by atoms with Crippen molar-refractivity contribution in [1.82, 2.24) is 0 Å². The van der Waals surface area contributed by atoms with Gasteiger partial charge in [0.1, 0.15) is 5.82 Å². The summed E-state index contributed by atoms with van der Waals surface area (Å²) < 4.78 is 12.5. The Hall–Kier alpha value is -0.530. The van der Waals surface area contributed by atoms with E-state index in [0.29, 0.717) is 10.9 Å². The van der Waals surface area contributed by atoms with Crippen molar-refractivity contribution in [3.63, 3.8) is 0 Å². The van der Waals surface area contributed by atoms with Gasteiger partial charge in [-0.05, 0) is 17.7 Å². The fraction of sp³-hybridized carbons (Fsp3) is 0.111. The van der Waals surface area contributed by atoms with E-state index >= 15 is 0 Å². The number of allylic oxidation sites excluding steroid dienone is 1. The highest BCUT2D eigenvalue weighted by Crippen LogP contribution is 2.18. The SMILES string of the molecule is Fc1ccc(/C=C/CCl)c(Cl)c1. The molecule has 0 aliphatic carbocycles. The summed E-state index contributed by atoms with van der Waals surface area (Å²) in [5.74, 6) is 0.0938. The predicted octanol–water partition coefficient (Wildman–Crippen LogP) is 3.73. The van der Waals surface area contributed by atoms with Gasteiger partial charge in [0, 0.05) is 5.88 Å². The lowest BCUT2D eigenvalue weighted by Crippen LogP contribution is -1.78. The monoisotopic (exact) mass is 204 g/mol. The van der Waals surface area contributed by atoms with Crippen LogP contribution in [-0.2, 0) is 0 Å². The molecule has 1 aromatic rings. The highest BCUT2D eigenvalue weighted by molar-refractivity contribution is 6.32. The van der Waals surface area contributed by atoms with Gasteiger partial charge in [0.05, 0.1) is 5.02 Å². The number of rotatable bonds is 2. The van der Waals surface area contributed by atoms with Gasteiger partial charge in [-0.15, -0.1) is 11.6 Å². The molecule has 0 aliphatic rings. The topological polar surface area (TPSA) is 0 Å². The summed E-state index contributed by atoms with van der Waals surface area (Å²) in [5.41, 5.74) is 0.777. The van der Waals surface area contributed by atoms with E-state index in [1.54, 1.807) is 18.2 Å². The van der Waals surface area contributed by atoms with Gasteiger partial charge in [0.2, 0.25) is 0 Å². The molecule has 0 radical (unpaired) electrons. The zero-order chi connectivity index (χ0) is 8.97. The summed E-state index contributed by atoms with van der Waals surface area (Å²) in [6, 6.07) is 4.25. The average Bonchev–Trinajstić information content (AvgIpc) is 2.03. The summed E-state index contributed by atoms with van der Waals surface area (Å²) in [6.45, 7) is 0. The van der Waals surface area contributed by atoms with Gasteiger partial charge in [-0.1, -0.05) is 29.8 Å². The van der Waals surface area contributed by atoms with Crippen LogP contribution in [0.3, 0.4) is 0 Å². The van der Waals surface area contributed by atoms with Gasteiger partial charge in [0.15, 0.2) is 0 Å². The standard InChI is InChI=1S/C9H7Cl2F/c10-5-1-2-7-3-4-8(12)6-9(7)11/h1-4,6H,5H2/b2-1+. The largest absolute Gasteiger partial charge is 0.207 e. The highest BCUT2D eigenvalue weighted by atomic mass is 35.5. The quantitative estimate of drug-likeness (QED) is 0.645. The van der Waals surface area contributed by atoms with Gasteiger partial charge in [-0.25, -0.2) is 4.39 Å². The summed E-state index contributed by atoms with van der Waals surface area (Å²) >= 11 is 11.2. The van der Waals surface area contributed by atoms with Crippen molar-refractivity contribution in [2.75, 3.05) is 5.88 Å². The van der Waals surface area contributed by atoms with E-state index in [1.807, 2.05) is 0 Å². The molecule has 0 N–H and O–H groups in total. The van der Waals surface area contributed by atoms with Crippen molar-refractivity contribution in [2.24, 2.45) is 0 Å². The maximum Gasteiger partial charge on any atom is 0.124 e. The molecular weight excluding hydrogens is 198 g/mol. The zero-order valence-corrected chi connectivity index (χ0v) is 7.74. The second-order valence-corrected chi connectivity index (χ2v) is 2.94. The van der Waals surface area contributed by atoms with E-state index in [0.717, 1.165) is 5.56 Å². The Labute approximate surface area is 80.6 Å². The van der Waals surface area contributed by atoms with Gasteiger partial charge in [-0.2, -0.15) is 0 Å². The maximum absolute atomic E-state index is 12.5. The van der Waals surface area contributed by atoms with Crippen LogP contribution in [0.5, 0.6) is 0 Å². The van der Waals surface area contributed by atoms with E-state index < -0.39 is 0 Å². The molecule has 0 amide bonds. The molecule has 0 aromatic heterocycles. The number of halogens is 3. The van der Waals surface area contributed by atoms with Crippen LogP contribution in [0.15, 0.2) is 24.3 Å². The summed E-state index contributed by atoms with van der Waals surface area (Å²) in [6.07, 6.45) is 3.51. The third kappa shape index (κ3) is 2.50. The minimum absolute atomic E-state index is 0.331. The molecule has 0 saturated heterocycles. The van der Waals surface area contributed by atoms with Crippen LogP contribution in [-0.4, -0.2) is 5.88 Å². The van der Waals surface area contributed by atoms with Gasteiger partial charge < -0.3 is 0 Å². The molecule has 0 aliphatic heterocycles. The molecule has 12 heavy (non-hydrogen) atoms. The molecule has 64 valence electrons. The van der Waals surface area contributed by atoms with Gasteiger partial charge >= 0.3 is 0 Å². The Kier molecular flexibility index (Phi) is 3.57. The molecule has 1 aromatic carbocycles. The van der Waals surface area contributed by atoms with Crippen molar-refractivity contribution in [3.8, 4) is 0 Å². The summed E-state index contributed by atoms with van der Waals surface area (Å²) in [4.78, 5) is 0. The normalized spacial score (nSPS) is 10.9. The first-order valence-corrected chi connectivity index (χ1v) is 4.33. The number of benzene rings is 1. The van der Waals surface area contributed by atoms with Crippen molar-refractivity contribution >= 4 is 29.3 Å². The van der Waals surface area contributed by atoms with E-state index in [4.69, 9.17) is 23.2 Å². The predicted molar refractivity (Wildman–Crippen MR) is 51.2 cm³/mol. The lowest BCUT2D eigenvalue weighted by Gasteiger charge is -1.96. The Morgan fingerprint density at radius 2 is 2.17 bits per heavy atom. The van der Waals surface area contributed by atoms with Gasteiger partial charge in [-0.3, -0.25) is 0 Å². The maximum atomic E-state index is 12.5. The molecule has 1 rings (SSSR count). The number of alkyl halides is 1. The van der Waals surface area contributed by atoms with Crippen LogP contribution in [0, 0.1) is 5.82 Å². The number of hydrogen-bond donors (Lipinski definition) is 0. The number of hydrogen-bond acceptors (Lipinski definition) is 0. The fourth-order valence-electron chi connectivity index (χ4n) is 0.808. The third-order valence-electron chi connectivity index (χ3n) is 1.35. The molecule has 0 saturated carbocycles. The van der Waals surface area contributed by atoms with Crippen LogP contribution < -0.4 is 0 Å². The van der Waals surface area contributed by atoms with Crippen molar-refractivity contribution in [3.05, 3.63) is 40.7 Å². The van der Waals surface area contributed by atoms with Crippen molar-refractivity contribution in [1.29, 1.82) is 0 Å². The van der Waals surface area contributed by atoms with Crippen LogP contribution in [0.2, 0.25) is 5.02 Å². The Morgan fingerprint density at radius 1 is 1.42 bits per heavy atom. The lowest BCUT2D eigenvalue weighted by atomic mass is 10.2. The first-order chi connectivity index (χ1) is 5.74. The van der Waals surface area contributed by atoms with Crippen molar-refractivity contribution in [2.45, 2.75) is 0 Å². The molecule has 0 fully saturated rings. The van der Waals surface area contributed by atoms with E-state index in [-0.39, 0.29) is 5.82 Å². The Balaban J connectivity index is 2.94. The van der Waals surface area contributed by atoms with Crippen LogP contribution in [0.1, 0.15) is 5.56 Å². The zero-order valence-electron chi connectivity index (χ0n) is 6.23. The Morgan fingerprint density at radius 3 is 2.75 bits per heavy atom. The van der Waals surface area contributed by atoms with E-state index in [9.17, 15) is 4.39 Å². The van der Waals surface area contributed by atoms with Crippen LogP contribution in [0.25, 0.3) is 6.08 Å². The van der Waals surface area contributed by atoms with E-state index in [2.05, 4.69) is 0 Å². The first kappa shape index (κ1) is 9.56. The van der Waals surface area contributed by atoms with Crippen LogP contribution in [0.4, 0.5) is 4.39 Å². The average molecular weight is 205 g/mol. The molecule has 0 nitrogen and oxygen atoms in total. The van der Waals surface area contributed by atoms with Crippen LogP contribution >= 0.6 is 23.2 Å². The molecule has 0 heterocycles. The first-order valence-electron chi connectivity index (χ1n) is 3.41. The summed E-state index contributed by atoms with van der Waals surface area (Å²) in [5, 5.41) is 0.399. The summed E-state index contributed by atoms with van der Waals surface area (Å²) in [7, 11) is 0. The second-order valence-electron chi connectivity index (χ2n) is 2.22.